The number of nitrogens with one attached hydrogen (secondary N) is 1. The van der Waals surface area contributed by atoms with Gasteiger partial charge in [0.15, 0.2) is 0 Å². The zero-order valence-electron chi connectivity index (χ0n) is 11.3. The van der Waals surface area contributed by atoms with Gasteiger partial charge in [0.25, 0.3) is 5.91 Å². The highest BCUT2D eigenvalue weighted by atomic mass is 16.5. The van der Waals surface area contributed by atoms with E-state index in [0.717, 1.165) is 6.42 Å². The molecule has 0 fully saturated rings. The summed E-state index contributed by atoms with van der Waals surface area (Å²) in [6.07, 6.45) is 0.776. The summed E-state index contributed by atoms with van der Waals surface area (Å²) >= 11 is 0. The van der Waals surface area contributed by atoms with Crippen LogP contribution in [-0.2, 0) is 0 Å². The maximum absolute atomic E-state index is 12.2. The van der Waals surface area contributed by atoms with Crippen LogP contribution in [0.2, 0.25) is 0 Å². The van der Waals surface area contributed by atoms with Gasteiger partial charge in [-0.15, -0.1) is 0 Å². The van der Waals surface area contributed by atoms with Gasteiger partial charge in [0.1, 0.15) is 5.75 Å². The van der Waals surface area contributed by atoms with Crippen LogP contribution in [0.1, 0.15) is 30.6 Å². The molecule has 4 nitrogen and oxygen atoms in total. The molecule has 0 aliphatic rings. The molecule has 4 heteroatoms. The summed E-state index contributed by atoms with van der Waals surface area (Å²) in [5.74, 6) is 0.831. The van der Waals surface area contributed by atoms with E-state index in [-0.39, 0.29) is 11.9 Å². The van der Waals surface area contributed by atoms with E-state index in [9.17, 15) is 4.79 Å². The van der Waals surface area contributed by atoms with Gasteiger partial charge in [0.05, 0.1) is 12.7 Å². The van der Waals surface area contributed by atoms with Gasteiger partial charge in [0, 0.05) is 6.04 Å². The quantitative estimate of drug-likeness (QED) is 0.809. The van der Waals surface area contributed by atoms with Crippen LogP contribution >= 0.6 is 0 Å². The van der Waals surface area contributed by atoms with E-state index in [1.807, 2.05) is 12.1 Å². The molecule has 1 atom stereocenters. The summed E-state index contributed by atoms with van der Waals surface area (Å²) in [6, 6.07) is 7.29. The van der Waals surface area contributed by atoms with Gasteiger partial charge in [-0.1, -0.05) is 26.0 Å². The van der Waals surface area contributed by atoms with E-state index in [1.165, 1.54) is 0 Å². The lowest BCUT2D eigenvalue weighted by molar-refractivity contribution is 0.0921. The standard InChI is InChI=1S/C14H22N2O2/c1-10(2)12(8-9-15)16-14(17)11-6-4-5-7-13(11)18-3/h4-7,10,12H,8-9,15H2,1-3H3,(H,16,17). The molecule has 0 spiro atoms. The van der Waals surface area contributed by atoms with Crippen molar-refractivity contribution in [3.8, 4) is 5.75 Å². The predicted molar refractivity (Wildman–Crippen MR) is 72.8 cm³/mol. The van der Waals surface area contributed by atoms with Crippen molar-refractivity contribution in [2.75, 3.05) is 13.7 Å². The van der Waals surface area contributed by atoms with E-state index in [4.69, 9.17) is 10.5 Å². The maximum atomic E-state index is 12.2. The second kappa shape index (κ2) is 7.01. The fraction of sp³-hybridized carbons (Fsp3) is 0.500. The minimum atomic E-state index is -0.111. The second-order valence-corrected chi connectivity index (χ2v) is 4.60. The molecule has 0 radical (unpaired) electrons. The molecule has 18 heavy (non-hydrogen) atoms. The minimum absolute atomic E-state index is 0.0902. The van der Waals surface area contributed by atoms with Crippen molar-refractivity contribution in [1.29, 1.82) is 0 Å². The molecule has 1 aromatic carbocycles. The molecule has 0 heterocycles. The number of methoxy groups -OCH3 is 1. The van der Waals surface area contributed by atoms with Crippen LogP contribution < -0.4 is 15.8 Å². The first-order chi connectivity index (χ1) is 8.60. The Bertz CT molecular complexity index is 391. The normalized spacial score (nSPS) is 12.3. The molecule has 1 amide bonds. The number of carbonyl (C=O) groups is 1. The third-order valence-corrected chi connectivity index (χ3v) is 2.95. The molecular formula is C14H22N2O2. The number of hydrogen-bond donors (Lipinski definition) is 2. The fourth-order valence-electron chi connectivity index (χ4n) is 1.83. The smallest absolute Gasteiger partial charge is 0.255 e. The van der Waals surface area contributed by atoms with Crippen LogP contribution in [0.25, 0.3) is 0 Å². The number of benzene rings is 1. The first-order valence-corrected chi connectivity index (χ1v) is 6.24. The van der Waals surface area contributed by atoms with Gasteiger partial charge in [-0.05, 0) is 31.0 Å². The Morgan fingerprint density at radius 1 is 1.39 bits per heavy atom. The Balaban J connectivity index is 2.80. The van der Waals surface area contributed by atoms with E-state index in [1.54, 1.807) is 19.2 Å². The predicted octanol–water partition coefficient (Wildman–Crippen LogP) is 1.80. The van der Waals surface area contributed by atoms with Crippen LogP contribution in [0, 0.1) is 5.92 Å². The van der Waals surface area contributed by atoms with Crippen LogP contribution in [0.15, 0.2) is 24.3 Å². The topological polar surface area (TPSA) is 64.3 Å². The zero-order chi connectivity index (χ0) is 13.5. The Morgan fingerprint density at radius 3 is 2.61 bits per heavy atom. The number of hydrogen-bond acceptors (Lipinski definition) is 3. The average molecular weight is 250 g/mol. The zero-order valence-corrected chi connectivity index (χ0v) is 11.3. The van der Waals surface area contributed by atoms with Crippen molar-refractivity contribution in [2.24, 2.45) is 11.7 Å². The summed E-state index contributed by atoms with van der Waals surface area (Å²) in [4.78, 5) is 12.2. The van der Waals surface area contributed by atoms with Crippen LogP contribution in [0.4, 0.5) is 0 Å². The number of nitrogens with two attached hydrogens (primary N) is 1. The first kappa shape index (κ1) is 14.5. The van der Waals surface area contributed by atoms with E-state index < -0.39 is 0 Å². The molecule has 0 aromatic heterocycles. The Kier molecular flexibility index (Phi) is 5.65. The first-order valence-electron chi connectivity index (χ1n) is 6.24. The summed E-state index contributed by atoms with van der Waals surface area (Å²) in [6.45, 7) is 4.71. The number of carbonyl (C=O) groups excluding carboxylic acids is 1. The van der Waals surface area contributed by atoms with Crippen molar-refractivity contribution in [2.45, 2.75) is 26.3 Å². The maximum Gasteiger partial charge on any atom is 0.255 e. The minimum Gasteiger partial charge on any atom is -0.496 e. The third kappa shape index (κ3) is 3.74. The van der Waals surface area contributed by atoms with Crippen molar-refractivity contribution in [1.82, 2.24) is 5.32 Å². The summed E-state index contributed by atoms with van der Waals surface area (Å²) in [5.41, 5.74) is 6.12. The average Bonchev–Trinajstić information content (AvgIpc) is 2.37. The van der Waals surface area contributed by atoms with Crippen LogP contribution in [0.3, 0.4) is 0 Å². The molecule has 1 unspecified atom stereocenters. The molecular weight excluding hydrogens is 228 g/mol. The van der Waals surface area contributed by atoms with Crippen LogP contribution in [-0.4, -0.2) is 25.6 Å². The van der Waals surface area contributed by atoms with Crippen molar-refractivity contribution >= 4 is 5.91 Å². The molecule has 3 N–H and O–H groups in total. The molecule has 0 aliphatic heterocycles. The highest BCUT2D eigenvalue weighted by Gasteiger charge is 2.18. The second-order valence-electron chi connectivity index (χ2n) is 4.60. The molecule has 1 rings (SSSR count). The van der Waals surface area contributed by atoms with Gasteiger partial charge in [-0.2, -0.15) is 0 Å². The largest absolute Gasteiger partial charge is 0.496 e. The van der Waals surface area contributed by atoms with Crippen LogP contribution in [0.5, 0.6) is 5.75 Å². The number of rotatable bonds is 6. The molecule has 0 aliphatic carbocycles. The van der Waals surface area contributed by atoms with Crippen molar-refractivity contribution < 1.29 is 9.53 Å². The Morgan fingerprint density at radius 2 is 2.06 bits per heavy atom. The summed E-state index contributed by atoms with van der Waals surface area (Å²) < 4.78 is 5.18. The Labute approximate surface area is 109 Å². The molecule has 0 saturated carbocycles. The monoisotopic (exact) mass is 250 g/mol. The van der Waals surface area contributed by atoms with Gasteiger partial charge in [-0.25, -0.2) is 0 Å². The van der Waals surface area contributed by atoms with Gasteiger partial charge < -0.3 is 15.8 Å². The molecule has 100 valence electrons. The summed E-state index contributed by atoms with van der Waals surface area (Å²) in [5, 5.41) is 3.01. The lowest BCUT2D eigenvalue weighted by Gasteiger charge is -2.22. The van der Waals surface area contributed by atoms with E-state index in [2.05, 4.69) is 19.2 Å². The molecule has 0 bridgehead atoms. The molecule has 0 saturated heterocycles. The highest BCUT2D eigenvalue weighted by Crippen LogP contribution is 2.18. The van der Waals surface area contributed by atoms with Gasteiger partial charge in [0.2, 0.25) is 0 Å². The van der Waals surface area contributed by atoms with E-state index in [0.29, 0.717) is 23.8 Å². The molecule has 1 aromatic rings. The SMILES string of the molecule is COc1ccccc1C(=O)NC(CCN)C(C)C. The van der Waals surface area contributed by atoms with E-state index >= 15 is 0 Å². The summed E-state index contributed by atoms with van der Waals surface area (Å²) in [7, 11) is 1.56. The van der Waals surface area contributed by atoms with Gasteiger partial charge in [-0.3, -0.25) is 4.79 Å². The number of ether oxygens (including phenoxy) is 1. The lowest BCUT2D eigenvalue weighted by Crippen LogP contribution is -2.40. The lowest BCUT2D eigenvalue weighted by atomic mass is 10.0. The Hall–Kier alpha value is -1.55. The fourth-order valence-corrected chi connectivity index (χ4v) is 1.83. The van der Waals surface area contributed by atoms with Gasteiger partial charge >= 0.3 is 0 Å². The number of para-hydroxylation sites is 1. The van der Waals surface area contributed by atoms with Crippen molar-refractivity contribution in [3.63, 3.8) is 0 Å². The van der Waals surface area contributed by atoms with Crippen molar-refractivity contribution in [3.05, 3.63) is 29.8 Å². The third-order valence-electron chi connectivity index (χ3n) is 2.95. The highest BCUT2D eigenvalue weighted by molar-refractivity contribution is 5.97. The number of amides is 1.